The maximum absolute atomic E-state index is 12.8. The molecule has 0 aliphatic carbocycles. The lowest BCUT2D eigenvalue weighted by Gasteiger charge is -2.22. The third kappa shape index (κ3) is 4.73. The van der Waals surface area contributed by atoms with Crippen LogP contribution in [0.5, 0.6) is 0 Å². The van der Waals surface area contributed by atoms with E-state index in [1.165, 1.54) is 20.7 Å². The standard InChI is InChI=1S/C18H27N3O5S2/c1-27(23,24)21-14-6-7-17(21)18(22)19-15-8-10-16(11-9-15)28(25,26)20-12-4-2-3-5-13-20/h8-11,17H,2-7,12-14H2,1H3,(H,19,22). The van der Waals surface area contributed by atoms with E-state index in [0.717, 1.165) is 31.9 Å². The van der Waals surface area contributed by atoms with Gasteiger partial charge in [-0.3, -0.25) is 4.79 Å². The van der Waals surface area contributed by atoms with Crippen LogP contribution in [0, 0.1) is 0 Å². The van der Waals surface area contributed by atoms with Crippen molar-refractivity contribution in [3.63, 3.8) is 0 Å². The molecular weight excluding hydrogens is 402 g/mol. The zero-order valence-corrected chi connectivity index (χ0v) is 17.6. The van der Waals surface area contributed by atoms with E-state index >= 15 is 0 Å². The second-order valence-electron chi connectivity index (χ2n) is 7.36. The molecule has 10 heteroatoms. The summed E-state index contributed by atoms with van der Waals surface area (Å²) in [4.78, 5) is 12.7. The quantitative estimate of drug-likeness (QED) is 0.766. The SMILES string of the molecule is CS(=O)(=O)N1CCCC1C(=O)Nc1ccc(S(=O)(=O)N2CCCCCC2)cc1. The summed E-state index contributed by atoms with van der Waals surface area (Å²) in [6.07, 6.45) is 6.03. The first-order chi connectivity index (χ1) is 13.2. The van der Waals surface area contributed by atoms with E-state index in [1.54, 1.807) is 12.1 Å². The molecule has 2 aliphatic rings. The maximum Gasteiger partial charge on any atom is 0.243 e. The van der Waals surface area contributed by atoms with Crippen LogP contribution in [-0.2, 0) is 24.8 Å². The van der Waals surface area contributed by atoms with Crippen molar-refractivity contribution in [2.75, 3.05) is 31.2 Å². The molecule has 1 amide bonds. The Hall–Kier alpha value is -1.49. The Kier molecular flexibility index (Phi) is 6.43. The highest BCUT2D eigenvalue weighted by molar-refractivity contribution is 7.89. The molecule has 0 bridgehead atoms. The number of nitrogens with one attached hydrogen (secondary N) is 1. The van der Waals surface area contributed by atoms with Gasteiger partial charge in [0.05, 0.1) is 11.2 Å². The van der Waals surface area contributed by atoms with Gasteiger partial charge in [-0.1, -0.05) is 12.8 Å². The Morgan fingerprint density at radius 2 is 1.54 bits per heavy atom. The second kappa shape index (κ2) is 8.48. The predicted octanol–water partition coefficient (Wildman–Crippen LogP) is 1.61. The number of nitrogens with zero attached hydrogens (tertiary/aromatic N) is 2. The lowest BCUT2D eigenvalue weighted by Crippen LogP contribution is -2.42. The molecule has 28 heavy (non-hydrogen) atoms. The number of hydrogen-bond acceptors (Lipinski definition) is 5. The average Bonchev–Trinajstić information content (AvgIpc) is 2.98. The fourth-order valence-corrected chi connectivity index (χ4v) is 6.41. The van der Waals surface area contributed by atoms with E-state index in [9.17, 15) is 21.6 Å². The highest BCUT2D eigenvalue weighted by Crippen LogP contribution is 2.24. The van der Waals surface area contributed by atoms with Crippen molar-refractivity contribution >= 4 is 31.6 Å². The van der Waals surface area contributed by atoms with Gasteiger partial charge in [0.25, 0.3) is 0 Å². The van der Waals surface area contributed by atoms with E-state index in [1.807, 2.05) is 0 Å². The Balaban J connectivity index is 1.70. The Morgan fingerprint density at radius 3 is 2.11 bits per heavy atom. The third-order valence-electron chi connectivity index (χ3n) is 5.26. The first-order valence-corrected chi connectivity index (χ1v) is 12.9. The summed E-state index contributed by atoms with van der Waals surface area (Å²) in [6, 6.07) is 5.33. The van der Waals surface area contributed by atoms with Gasteiger partial charge in [0, 0.05) is 25.3 Å². The number of hydrogen-bond donors (Lipinski definition) is 1. The van der Waals surface area contributed by atoms with Crippen LogP contribution in [0.15, 0.2) is 29.2 Å². The summed E-state index contributed by atoms with van der Waals surface area (Å²) in [5.41, 5.74) is 0.445. The van der Waals surface area contributed by atoms with Crippen molar-refractivity contribution in [2.24, 2.45) is 0 Å². The molecule has 0 spiro atoms. The number of rotatable bonds is 5. The van der Waals surface area contributed by atoms with Gasteiger partial charge in [-0.25, -0.2) is 16.8 Å². The topological polar surface area (TPSA) is 104 Å². The molecule has 1 aromatic rings. The minimum Gasteiger partial charge on any atom is -0.325 e. The molecule has 3 rings (SSSR count). The first-order valence-electron chi connectivity index (χ1n) is 9.57. The summed E-state index contributed by atoms with van der Waals surface area (Å²) in [6.45, 7) is 1.40. The zero-order valence-electron chi connectivity index (χ0n) is 16.0. The van der Waals surface area contributed by atoms with Gasteiger partial charge in [-0.15, -0.1) is 0 Å². The second-order valence-corrected chi connectivity index (χ2v) is 11.2. The molecular formula is C18H27N3O5S2. The van der Waals surface area contributed by atoms with Crippen LogP contribution in [0.3, 0.4) is 0 Å². The smallest absolute Gasteiger partial charge is 0.243 e. The minimum absolute atomic E-state index is 0.200. The molecule has 0 aromatic heterocycles. The number of carbonyl (C=O) groups excluding carboxylic acids is 1. The molecule has 2 fully saturated rings. The van der Waals surface area contributed by atoms with Crippen LogP contribution >= 0.6 is 0 Å². The third-order valence-corrected chi connectivity index (χ3v) is 8.46. The van der Waals surface area contributed by atoms with Crippen LogP contribution in [0.4, 0.5) is 5.69 Å². The average molecular weight is 430 g/mol. The van der Waals surface area contributed by atoms with E-state index in [-0.39, 0.29) is 4.90 Å². The highest BCUT2D eigenvalue weighted by atomic mass is 32.2. The summed E-state index contributed by atoms with van der Waals surface area (Å²) in [5, 5.41) is 2.70. The largest absolute Gasteiger partial charge is 0.325 e. The van der Waals surface area contributed by atoms with Crippen molar-refractivity contribution in [3.05, 3.63) is 24.3 Å². The lowest BCUT2D eigenvalue weighted by atomic mass is 10.2. The van der Waals surface area contributed by atoms with Gasteiger partial charge < -0.3 is 5.32 Å². The van der Waals surface area contributed by atoms with Crippen LogP contribution in [0.1, 0.15) is 38.5 Å². The van der Waals surface area contributed by atoms with Gasteiger partial charge in [-0.05, 0) is 49.9 Å². The van der Waals surface area contributed by atoms with Crippen molar-refractivity contribution in [1.82, 2.24) is 8.61 Å². The summed E-state index contributed by atoms with van der Waals surface area (Å²) in [5.74, 6) is -0.397. The minimum atomic E-state index is -3.54. The normalized spacial score (nSPS) is 22.7. The predicted molar refractivity (Wildman–Crippen MR) is 107 cm³/mol. The number of carbonyl (C=O) groups is 1. The molecule has 1 aromatic carbocycles. The number of anilines is 1. The van der Waals surface area contributed by atoms with E-state index in [2.05, 4.69) is 5.32 Å². The molecule has 8 nitrogen and oxygen atoms in total. The van der Waals surface area contributed by atoms with Crippen LogP contribution in [0.2, 0.25) is 0 Å². The fourth-order valence-electron chi connectivity index (χ4n) is 3.77. The Bertz CT molecular complexity index is 905. The zero-order chi connectivity index (χ0) is 20.4. The molecule has 2 heterocycles. The van der Waals surface area contributed by atoms with Gasteiger partial charge in [0.2, 0.25) is 26.0 Å². The Morgan fingerprint density at radius 1 is 0.929 bits per heavy atom. The lowest BCUT2D eigenvalue weighted by molar-refractivity contribution is -0.119. The van der Waals surface area contributed by atoms with Gasteiger partial charge in [0.1, 0.15) is 6.04 Å². The van der Waals surface area contributed by atoms with E-state index < -0.39 is 32.0 Å². The number of sulfonamides is 2. The van der Waals surface area contributed by atoms with Gasteiger partial charge in [-0.2, -0.15) is 8.61 Å². The summed E-state index contributed by atoms with van der Waals surface area (Å²) in [7, 11) is -6.98. The van der Waals surface area contributed by atoms with Crippen LogP contribution in [0.25, 0.3) is 0 Å². The molecule has 1 N–H and O–H groups in total. The van der Waals surface area contributed by atoms with Crippen LogP contribution < -0.4 is 5.32 Å². The van der Waals surface area contributed by atoms with Gasteiger partial charge >= 0.3 is 0 Å². The monoisotopic (exact) mass is 429 g/mol. The molecule has 2 aliphatic heterocycles. The van der Waals surface area contributed by atoms with Gasteiger partial charge in [0.15, 0.2) is 0 Å². The highest BCUT2D eigenvalue weighted by Gasteiger charge is 2.36. The number of benzene rings is 1. The molecule has 0 radical (unpaired) electrons. The molecule has 1 unspecified atom stereocenters. The number of amides is 1. The summed E-state index contributed by atoms with van der Waals surface area (Å²) >= 11 is 0. The van der Waals surface area contributed by atoms with E-state index in [4.69, 9.17) is 0 Å². The molecule has 1 atom stereocenters. The van der Waals surface area contributed by atoms with Crippen LogP contribution in [-0.4, -0.2) is 63.3 Å². The van der Waals surface area contributed by atoms with Crippen molar-refractivity contribution in [3.8, 4) is 0 Å². The first kappa shape index (κ1) is 21.2. The van der Waals surface area contributed by atoms with Crippen molar-refractivity contribution in [1.29, 1.82) is 0 Å². The maximum atomic E-state index is 12.8. The molecule has 0 saturated carbocycles. The van der Waals surface area contributed by atoms with E-state index in [0.29, 0.717) is 38.2 Å². The summed E-state index contributed by atoms with van der Waals surface area (Å²) < 4.78 is 51.9. The van der Waals surface area contributed by atoms with Crippen molar-refractivity contribution < 1.29 is 21.6 Å². The molecule has 2 saturated heterocycles. The molecule has 156 valence electrons. The fraction of sp³-hybridized carbons (Fsp3) is 0.611. The Labute approximate surface area is 167 Å². The van der Waals surface area contributed by atoms with Crippen molar-refractivity contribution in [2.45, 2.75) is 49.5 Å².